The molecule has 1 rings (SSSR count). The molecular weight excluding hydrogens is 294 g/mol. The van der Waals surface area contributed by atoms with Gasteiger partial charge in [0.25, 0.3) is 0 Å². The van der Waals surface area contributed by atoms with Crippen molar-refractivity contribution in [2.45, 2.75) is 59.7 Å². The molecule has 0 spiro atoms. The van der Waals surface area contributed by atoms with E-state index in [0.29, 0.717) is 19.4 Å². The summed E-state index contributed by atoms with van der Waals surface area (Å²) in [6.07, 6.45) is 0.953. The highest BCUT2D eigenvalue weighted by Crippen LogP contribution is 2.35. The van der Waals surface area contributed by atoms with Gasteiger partial charge in [-0.2, -0.15) is 0 Å². The Balaban J connectivity index is 2.86. The molecular formula is C17H29NO3Si. The molecule has 1 atom stereocenters. The molecule has 0 aromatic carbocycles. The van der Waals surface area contributed by atoms with Crippen LogP contribution < -0.4 is 0 Å². The smallest absolute Gasteiger partial charge is 0.306 e. The molecule has 0 radical (unpaired) electrons. The van der Waals surface area contributed by atoms with Crippen LogP contribution in [0.5, 0.6) is 0 Å². The van der Waals surface area contributed by atoms with Crippen LogP contribution in [0.25, 0.3) is 0 Å². The lowest BCUT2D eigenvalue weighted by atomic mass is 9.87. The molecule has 5 heteroatoms. The molecule has 0 N–H and O–H groups in total. The van der Waals surface area contributed by atoms with E-state index in [1.165, 1.54) is 0 Å². The van der Waals surface area contributed by atoms with Gasteiger partial charge in [0.15, 0.2) is 9.04 Å². The summed E-state index contributed by atoms with van der Waals surface area (Å²) in [5.41, 5.74) is 1.85. The van der Waals surface area contributed by atoms with Crippen LogP contribution in [-0.4, -0.2) is 26.6 Å². The molecule has 0 bridgehead atoms. The zero-order chi connectivity index (χ0) is 16.8. The number of aromatic nitrogens is 1. The Morgan fingerprint density at radius 2 is 2.00 bits per heavy atom. The summed E-state index contributed by atoms with van der Waals surface area (Å²) in [7, 11) is -1.17. The van der Waals surface area contributed by atoms with Crippen LogP contribution in [0, 0.1) is 5.41 Å². The number of rotatable bonds is 7. The Morgan fingerprint density at radius 3 is 2.55 bits per heavy atom. The van der Waals surface area contributed by atoms with Crippen molar-refractivity contribution in [2.24, 2.45) is 5.41 Å². The molecule has 0 saturated heterocycles. The maximum atomic E-state index is 11.5. The van der Waals surface area contributed by atoms with Crippen molar-refractivity contribution in [1.82, 2.24) is 4.98 Å². The van der Waals surface area contributed by atoms with Crippen LogP contribution in [0.1, 0.15) is 51.6 Å². The molecule has 0 fully saturated rings. The topological polar surface area (TPSA) is 48.4 Å². The van der Waals surface area contributed by atoms with Gasteiger partial charge in [-0.1, -0.05) is 26.8 Å². The zero-order valence-corrected chi connectivity index (χ0v) is 15.8. The summed E-state index contributed by atoms with van der Waals surface area (Å²) in [5, 5.41) is 0. The first-order chi connectivity index (χ1) is 10.2. The van der Waals surface area contributed by atoms with Gasteiger partial charge in [0.05, 0.1) is 24.8 Å². The Hall–Kier alpha value is -1.20. The van der Waals surface area contributed by atoms with Gasteiger partial charge in [0.1, 0.15) is 0 Å². The molecule has 1 aromatic rings. The molecule has 0 aliphatic carbocycles. The molecule has 1 unspecified atom stereocenters. The normalized spacial score (nSPS) is 13.2. The Bertz CT molecular complexity index is 483. The van der Waals surface area contributed by atoms with Crippen molar-refractivity contribution in [3.63, 3.8) is 0 Å². The number of carbonyl (C=O) groups excluding carboxylic acids is 1. The van der Waals surface area contributed by atoms with Gasteiger partial charge in [0.2, 0.25) is 0 Å². The molecule has 1 heterocycles. The number of hydrogen-bond acceptors (Lipinski definition) is 4. The second kappa shape index (κ2) is 8.43. The van der Waals surface area contributed by atoms with E-state index in [0.717, 1.165) is 11.4 Å². The van der Waals surface area contributed by atoms with Crippen LogP contribution in [0.4, 0.5) is 0 Å². The average Bonchev–Trinajstić information content (AvgIpc) is 2.42. The molecule has 0 amide bonds. The van der Waals surface area contributed by atoms with Crippen molar-refractivity contribution in [2.75, 3.05) is 6.61 Å². The first-order valence-corrected chi connectivity index (χ1v) is 10.8. The lowest BCUT2D eigenvalue weighted by Gasteiger charge is -2.32. The van der Waals surface area contributed by atoms with Crippen LogP contribution in [0.2, 0.25) is 13.1 Å². The Labute approximate surface area is 136 Å². The second-order valence-corrected chi connectivity index (χ2v) is 9.16. The molecule has 22 heavy (non-hydrogen) atoms. The van der Waals surface area contributed by atoms with E-state index in [2.05, 4.69) is 33.9 Å². The van der Waals surface area contributed by atoms with Crippen LogP contribution in [0.15, 0.2) is 18.2 Å². The summed E-state index contributed by atoms with van der Waals surface area (Å²) >= 11 is 0. The number of hydrogen-bond donors (Lipinski definition) is 0. The average molecular weight is 324 g/mol. The SMILES string of the molecule is CCOC(=O)CCc1cccc(C(O[SiH](C)C)C(C)(C)C)n1. The first-order valence-electron chi connectivity index (χ1n) is 8.01. The van der Waals surface area contributed by atoms with Crippen molar-refractivity contribution in [1.29, 1.82) is 0 Å². The number of carbonyl (C=O) groups is 1. The van der Waals surface area contributed by atoms with E-state index in [1.54, 1.807) is 0 Å². The Morgan fingerprint density at radius 1 is 1.32 bits per heavy atom. The number of ether oxygens (including phenoxy) is 1. The highest BCUT2D eigenvalue weighted by molar-refractivity contribution is 6.48. The van der Waals surface area contributed by atoms with E-state index in [1.807, 2.05) is 25.1 Å². The molecule has 0 aliphatic rings. The molecule has 0 saturated carbocycles. The lowest BCUT2D eigenvalue weighted by molar-refractivity contribution is -0.143. The fourth-order valence-corrected chi connectivity index (χ4v) is 3.33. The van der Waals surface area contributed by atoms with Gasteiger partial charge >= 0.3 is 5.97 Å². The predicted molar refractivity (Wildman–Crippen MR) is 91.3 cm³/mol. The van der Waals surface area contributed by atoms with Crippen molar-refractivity contribution in [3.05, 3.63) is 29.6 Å². The standard InChI is InChI=1S/C17H29NO3Si/c1-7-20-15(19)12-11-13-9-8-10-14(18-13)16(17(2,3)4)21-22(5)6/h8-10,16,22H,7,11-12H2,1-6H3. The summed E-state index contributed by atoms with van der Waals surface area (Å²) < 4.78 is 11.2. The Kier molecular flexibility index (Phi) is 7.23. The maximum Gasteiger partial charge on any atom is 0.306 e. The summed E-state index contributed by atoms with van der Waals surface area (Å²) in [5.74, 6) is -0.173. The van der Waals surface area contributed by atoms with Gasteiger partial charge < -0.3 is 9.16 Å². The van der Waals surface area contributed by atoms with Gasteiger partial charge in [-0.3, -0.25) is 9.78 Å². The van der Waals surface area contributed by atoms with E-state index in [4.69, 9.17) is 14.1 Å². The van der Waals surface area contributed by atoms with E-state index in [9.17, 15) is 4.79 Å². The minimum Gasteiger partial charge on any atom is -0.466 e. The van der Waals surface area contributed by atoms with Gasteiger partial charge in [-0.15, -0.1) is 0 Å². The minimum absolute atomic E-state index is 0.00989. The third-order valence-electron chi connectivity index (χ3n) is 3.18. The van der Waals surface area contributed by atoms with E-state index >= 15 is 0 Å². The third-order valence-corrected chi connectivity index (χ3v) is 4.00. The molecule has 0 aliphatic heterocycles. The van der Waals surface area contributed by atoms with Crippen molar-refractivity contribution < 1.29 is 14.0 Å². The minimum atomic E-state index is -1.17. The number of esters is 1. The first kappa shape index (κ1) is 18.8. The lowest BCUT2D eigenvalue weighted by Crippen LogP contribution is -2.27. The van der Waals surface area contributed by atoms with Gasteiger partial charge in [-0.05, 0) is 37.6 Å². The monoisotopic (exact) mass is 323 g/mol. The molecule has 4 nitrogen and oxygen atoms in total. The quantitative estimate of drug-likeness (QED) is 0.567. The largest absolute Gasteiger partial charge is 0.466 e. The third kappa shape index (κ3) is 6.28. The second-order valence-electron chi connectivity index (χ2n) is 6.79. The summed E-state index contributed by atoms with van der Waals surface area (Å²) in [4.78, 5) is 16.2. The number of nitrogens with zero attached hydrogens (tertiary/aromatic N) is 1. The van der Waals surface area contributed by atoms with Crippen molar-refractivity contribution in [3.8, 4) is 0 Å². The van der Waals surface area contributed by atoms with Gasteiger partial charge in [0, 0.05) is 12.1 Å². The van der Waals surface area contributed by atoms with E-state index < -0.39 is 9.04 Å². The van der Waals surface area contributed by atoms with Crippen LogP contribution >= 0.6 is 0 Å². The van der Waals surface area contributed by atoms with Gasteiger partial charge in [-0.25, -0.2) is 0 Å². The fourth-order valence-electron chi connectivity index (χ4n) is 2.24. The van der Waals surface area contributed by atoms with Crippen LogP contribution in [-0.2, 0) is 20.4 Å². The summed E-state index contributed by atoms with van der Waals surface area (Å²) in [6, 6.07) is 5.96. The maximum absolute atomic E-state index is 11.5. The highest BCUT2D eigenvalue weighted by atomic mass is 28.3. The molecule has 1 aromatic heterocycles. The highest BCUT2D eigenvalue weighted by Gasteiger charge is 2.29. The molecule has 124 valence electrons. The van der Waals surface area contributed by atoms with Crippen molar-refractivity contribution >= 4 is 15.0 Å². The fraction of sp³-hybridized carbons (Fsp3) is 0.647. The van der Waals surface area contributed by atoms with Crippen LogP contribution in [0.3, 0.4) is 0 Å². The van der Waals surface area contributed by atoms with E-state index in [-0.39, 0.29) is 17.5 Å². The number of aryl methyl sites for hydroxylation is 1. The zero-order valence-electron chi connectivity index (χ0n) is 14.7. The summed E-state index contributed by atoms with van der Waals surface area (Å²) in [6.45, 7) is 13.1. The predicted octanol–water partition coefficient (Wildman–Crippen LogP) is 3.66. The number of pyridine rings is 1.